The number of anilines is 2. The second kappa shape index (κ2) is 8.69. The highest BCUT2D eigenvalue weighted by Crippen LogP contribution is 2.19. The number of aromatic nitrogens is 2. The summed E-state index contributed by atoms with van der Waals surface area (Å²) in [6.07, 6.45) is 2.49. The minimum Gasteiger partial charge on any atom is -0.379 e. The van der Waals surface area contributed by atoms with Crippen molar-refractivity contribution in [1.29, 1.82) is 0 Å². The molecule has 0 aliphatic rings. The summed E-state index contributed by atoms with van der Waals surface area (Å²) in [7, 11) is 0. The number of rotatable bonds is 9. The first kappa shape index (κ1) is 15.7. The Morgan fingerprint density at radius 2 is 1.84 bits per heavy atom. The largest absolute Gasteiger partial charge is 0.379 e. The van der Waals surface area contributed by atoms with Crippen molar-refractivity contribution in [2.75, 3.05) is 36.9 Å². The van der Waals surface area contributed by atoms with E-state index in [0.717, 1.165) is 43.3 Å². The van der Waals surface area contributed by atoms with Crippen LogP contribution in [0.2, 0.25) is 0 Å². The molecule has 0 unspecified atom stereocenters. The molecule has 0 bridgehead atoms. The summed E-state index contributed by atoms with van der Waals surface area (Å²) >= 11 is 0. The minimum atomic E-state index is 0.575. The number of hydrogen-bond acceptors (Lipinski definition) is 5. The van der Waals surface area contributed by atoms with E-state index >= 15 is 0 Å². The maximum Gasteiger partial charge on any atom is 0.134 e. The SMILES string of the molecule is CCNc1ncnc(NCCOCC(C)C)c1CC. The molecule has 0 amide bonds. The van der Waals surface area contributed by atoms with Crippen molar-refractivity contribution < 1.29 is 4.74 Å². The lowest BCUT2D eigenvalue weighted by atomic mass is 10.2. The molecule has 1 rings (SSSR count). The third-order valence-corrected chi connectivity index (χ3v) is 2.63. The zero-order valence-corrected chi connectivity index (χ0v) is 12.5. The molecule has 0 fully saturated rings. The van der Waals surface area contributed by atoms with E-state index < -0.39 is 0 Å². The van der Waals surface area contributed by atoms with Crippen LogP contribution < -0.4 is 10.6 Å². The summed E-state index contributed by atoms with van der Waals surface area (Å²) in [5.74, 6) is 2.40. The molecule has 0 aromatic carbocycles. The van der Waals surface area contributed by atoms with Gasteiger partial charge in [0.15, 0.2) is 0 Å². The van der Waals surface area contributed by atoms with Crippen molar-refractivity contribution >= 4 is 11.6 Å². The minimum absolute atomic E-state index is 0.575. The standard InChI is InChI=1S/C14H26N4O/c1-5-12-13(15-6-2)17-10-18-14(12)16-7-8-19-9-11(3)4/h10-11H,5-9H2,1-4H3,(H2,15,16,17,18). The van der Waals surface area contributed by atoms with Crippen LogP contribution in [0.4, 0.5) is 11.6 Å². The molecule has 5 nitrogen and oxygen atoms in total. The normalized spacial score (nSPS) is 10.8. The third-order valence-electron chi connectivity index (χ3n) is 2.63. The van der Waals surface area contributed by atoms with E-state index in [2.05, 4.69) is 48.3 Å². The van der Waals surface area contributed by atoms with Crippen LogP contribution in [0.25, 0.3) is 0 Å². The molecule has 5 heteroatoms. The first-order valence-electron chi connectivity index (χ1n) is 7.08. The van der Waals surface area contributed by atoms with Gasteiger partial charge in [0, 0.05) is 25.3 Å². The molecule has 0 saturated heterocycles. The molecule has 108 valence electrons. The van der Waals surface area contributed by atoms with Crippen molar-refractivity contribution in [2.45, 2.75) is 34.1 Å². The van der Waals surface area contributed by atoms with Gasteiger partial charge in [0.1, 0.15) is 18.0 Å². The van der Waals surface area contributed by atoms with Gasteiger partial charge in [-0.25, -0.2) is 9.97 Å². The quantitative estimate of drug-likeness (QED) is 0.673. The Labute approximate surface area is 116 Å². The fraction of sp³-hybridized carbons (Fsp3) is 0.714. The van der Waals surface area contributed by atoms with Gasteiger partial charge in [0.25, 0.3) is 0 Å². The second-order valence-electron chi connectivity index (χ2n) is 4.83. The lowest BCUT2D eigenvalue weighted by Gasteiger charge is -2.14. The van der Waals surface area contributed by atoms with Gasteiger partial charge in [0.2, 0.25) is 0 Å². The van der Waals surface area contributed by atoms with Gasteiger partial charge in [-0.15, -0.1) is 0 Å². The molecule has 1 aromatic rings. The Hall–Kier alpha value is -1.36. The third kappa shape index (κ3) is 5.42. The summed E-state index contributed by atoms with van der Waals surface area (Å²) < 4.78 is 5.55. The van der Waals surface area contributed by atoms with E-state index in [1.807, 2.05) is 0 Å². The Kier molecular flexibility index (Phi) is 7.18. The molecule has 0 aliphatic heterocycles. The molecular formula is C14H26N4O. The van der Waals surface area contributed by atoms with Crippen LogP contribution in [0.5, 0.6) is 0 Å². The second-order valence-corrected chi connectivity index (χ2v) is 4.83. The van der Waals surface area contributed by atoms with Crippen LogP contribution in [-0.2, 0) is 11.2 Å². The lowest BCUT2D eigenvalue weighted by molar-refractivity contribution is 0.118. The molecule has 0 saturated carbocycles. The van der Waals surface area contributed by atoms with E-state index in [4.69, 9.17) is 4.74 Å². The molecule has 0 aliphatic carbocycles. The van der Waals surface area contributed by atoms with Crippen molar-refractivity contribution in [3.05, 3.63) is 11.9 Å². The van der Waals surface area contributed by atoms with Crippen molar-refractivity contribution in [3.63, 3.8) is 0 Å². The molecule has 1 aromatic heterocycles. The highest BCUT2D eigenvalue weighted by Gasteiger charge is 2.08. The van der Waals surface area contributed by atoms with Gasteiger partial charge in [-0.1, -0.05) is 20.8 Å². The molecule has 2 N–H and O–H groups in total. The number of hydrogen-bond donors (Lipinski definition) is 2. The predicted octanol–water partition coefficient (Wildman–Crippen LogP) is 2.56. The Bertz CT molecular complexity index is 368. The molecule has 19 heavy (non-hydrogen) atoms. The average Bonchev–Trinajstić information content (AvgIpc) is 2.38. The summed E-state index contributed by atoms with van der Waals surface area (Å²) in [6, 6.07) is 0. The van der Waals surface area contributed by atoms with E-state index in [9.17, 15) is 0 Å². The van der Waals surface area contributed by atoms with Crippen LogP contribution in [0.3, 0.4) is 0 Å². The maximum atomic E-state index is 5.55. The molecule has 0 atom stereocenters. The molecule has 1 heterocycles. The first-order chi connectivity index (χ1) is 9.19. The fourth-order valence-electron chi connectivity index (χ4n) is 1.78. The van der Waals surface area contributed by atoms with Crippen LogP contribution >= 0.6 is 0 Å². The maximum absolute atomic E-state index is 5.55. The van der Waals surface area contributed by atoms with Gasteiger partial charge in [-0.05, 0) is 19.3 Å². The average molecular weight is 266 g/mol. The predicted molar refractivity (Wildman–Crippen MR) is 79.7 cm³/mol. The fourth-order valence-corrected chi connectivity index (χ4v) is 1.78. The van der Waals surface area contributed by atoms with E-state index in [1.54, 1.807) is 6.33 Å². The van der Waals surface area contributed by atoms with Crippen LogP contribution in [-0.4, -0.2) is 36.3 Å². The Balaban J connectivity index is 2.50. The highest BCUT2D eigenvalue weighted by atomic mass is 16.5. The number of nitrogens with zero attached hydrogens (tertiary/aromatic N) is 2. The van der Waals surface area contributed by atoms with Gasteiger partial charge in [-0.2, -0.15) is 0 Å². The number of ether oxygens (including phenoxy) is 1. The summed E-state index contributed by atoms with van der Waals surface area (Å²) in [5.41, 5.74) is 1.13. The van der Waals surface area contributed by atoms with E-state index in [1.165, 1.54) is 0 Å². The Morgan fingerprint density at radius 1 is 1.16 bits per heavy atom. The molecule has 0 radical (unpaired) electrons. The van der Waals surface area contributed by atoms with Crippen LogP contribution in [0.1, 0.15) is 33.3 Å². The highest BCUT2D eigenvalue weighted by molar-refractivity contribution is 5.57. The summed E-state index contributed by atoms with van der Waals surface area (Å²) in [4.78, 5) is 8.58. The van der Waals surface area contributed by atoms with E-state index in [0.29, 0.717) is 12.5 Å². The first-order valence-corrected chi connectivity index (χ1v) is 7.08. The van der Waals surface area contributed by atoms with Crippen LogP contribution in [0.15, 0.2) is 6.33 Å². The van der Waals surface area contributed by atoms with Crippen molar-refractivity contribution in [2.24, 2.45) is 5.92 Å². The van der Waals surface area contributed by atoms with Crippen molar-refractivity contribution in [1.82, 2.24) is 9.97 Å². The molecule has 0 spiro atoms. The molecular weight excluding hydrogens is 240 g/mol. The smallest absolute Gasteiger partial charge is 0.134 e. The topological polar surface area (TPSA) is 59.1 Å². The summed E-state index contributed by atoms with van der Waals surface area (Å²) in [6.45, 7) is 11.6. The van der Waals surface area contributed by atoms with Crippen LogP contribution in [0, 0.1) is 5.92 Å². The van der Waals surface area contributed by atoms with Crippen molar-refractivity contribution in [3.8, 4) is 0 Å². The Morgan fingerprint density at radius 3 is 2.42 bits per heavy atom. The van der Waals surface area contributed by atoms with E-state index in [-0.39, 0.29) is 0 Å². The monoisotopic (exact) mass is 266 g/mol. The van der Waals surface area contributed by atoms with Gasteiger partial charge in [-0.3, -0.25) is 0 Å². The number of nitrogens with one attached hydrogen (secondary N) is 2. The van der Waals surface area contributed by atoms with Gasteiger partial charge >= 0.3 is 0 Å². The summed E-state index contributed by atoms with van der Waals surface area (Å²) in [5, 5.41) is 6.58. The van der Waals surface area contributed by atoms with Gasteiger partial charge < -0.3 is 15.4 Å². The zero-order chi connectivity index (χ0) is 14.1. The zero-order valence-electron chi connectivity index (χ0n) is 12.5. The lowest BCUT2D eigenvalue weighted by Crippen LogP contribution is -2.15. The van der Waals surface area contributed by atoms with Gasteiger partial charge in [0.05, 0.1) is 6.61 Å².